The standard InChI is InChI=1S/C21H26N2O3S/c1-3-26-20(25)18-15(2)22-21(27-18)23(14-16-10-6-4-7-11-16)19(24)17-12-8-5-9-13-17/h4,6-7,10-11,17H,3,5,8-9,12-14H2,1-2H3. The molecular formula is C21H26N2O3S. The van der Waals surface area contributed by atoms with Crippen molar-refractivity contribution >= 4 is 28.3 Å². The number of anilines is 1. The molecule has 2 aromatic rings. The van der Waals surface area contributed by atoms with Crippen LogP contribution in [0.5, 0.6) is 0 Å². The highest BCUT2D eigenvalue weighted by molar-refractivity contribution is 7.17. The number of rotatable bonds is 6. The van der Waals surface area contributed by atoms with E-state index in [1.807, 2.05) is 30.3 Å². The summed E-state index contributed by atoms with van der Waals surface area (Å²) in [5.74, 6) is -0.219. The molecule has 1 aliphatic carbocycles. The van der Waals surface area contributed by atoms with Crippen LogP contribution in [0.4, 0.5) is 5.13 Å². The molecule has 0 aliphatic heterocycles. The van der Waals surface area contributed by atoms with Gasteiger partial charge >= 0.3 is 5.97 Å². The fourth-order valence-electron chi connectivity index (χ4n) is 3.46. The zero-order valence-corrected chi connectivity index (χ0v) is 16.8. The largest absolute Gasteiger partial charge is 0.462 e. The second-order valence-corrected chi connectivity index (χ2v) is 7.85. The minimum Gasteiger partial charge on any atom is -0.462 e. The van der Waals surface area contributed by atoms with Crippen LogP contribution < -0.4 is 4.90 Å². The van der Waals surface area contributed by atoms with Gasteiger partial charge in [-0.05, 0) is 32.3 Å². The first kappa shape index (κ1) is 19.5. The molecule has 0 radical (unpaired) electrons. The molecule has 27 heavy (non-hydrogen) atoms. The van der Waals surface area contributed by atoms with Crippen molar-refractivity contribution in [2.45, 2.75) is 52.5 Å². The van der Waals surface area contributed by atoms with Crippen molar-refractivity contribution in [3.63, 3.8) is 0 Å². The maximum atomic E-state index is 13.3. The molecule has 144 valence electrons. The predicted molar refractivity (Wildman–Crippen MR) is 107 cm³/mol. The van der Waals surface area contributed by atoms with E-state index in [0.717, 1.165) is 31.2 Å². The van der Waals surface area contributed by atoms with Gasteiger partial charge in [0.25, 0.3) is 0 Å². The number of aryl methyl sites for hydroxylation is 1. The molecule has 0 N–H and O–H groups in total. The van der Waals surface area contributed by atoms with Gasteiger partial charge in [0.15, 0.2) is 5.13 Å². The van der Waals surface area contributed by atoms with Crippen molar-refractivity contribution in [2.75, 3.05) is 11.5 Å². The highest BCUT2D eigenvalue weighted by Gasteiger charge is 2.30. The second kappa shape index (κ2) is 9.13. The molecule has 1 amide bonds. The molecule has 0 saturated heterocycles. The lowest BCUT2D eigenvalue weighted by Crippen LogP contribution is -2.36. The van der Waals surface area contributed by atoms with E-state index in [1.54, 1.807) is 18.7 Å². The third-order valence-corrected chi connectivity index (χ3v) is 6.04. The lowest BCUT2D eigenvalue weighted by Gasteiger charge is -2.27. The van der Waals surface area contributed by atoms with Crippen LogP contribution in [0.1, 0.15) is 60.0 Å². The van der Waals surface area contributed by atoms with Crippen LogP contribution >= 0.6 is 11.3 Å². The van der Waals surface area contributed by atoms with E-state index in [2.05, 4.69) is 4.98 Å². The van der Waals surface area contributed by atoms with Gasteiger partial charge in [0.05, 0.1) is 18.8 Å². The number of hydrogen-bond donors (Lipinski definition) is 0. The monoisotopic (exact) mass is 386 g/mol. The zero-order chi connectivity index (χ0) is 19.2. The Balaban J connectivity index is 1.90. The van der Waals surface area contributed by atoms with Crippen molar-refractivity contribution in [1.29, 1.82) is 0 Å². The van der Waals surface area contributed by atoms with E-state index < -0.39 is 0 Å². The van der Waals surface area contributed by atoms with Crippen LogP contribution in [0.2, 0.25) is 0 Å². The number of carbonyl (C=O) groups excluding carboxylic acids is 2. The van der Waals surface area contributed by atoms with Crippen molar-refractivity contribution in [3.8, 4) is 0 Å². The molecule has 6 heteroatoms. The Hall–Kier alpha value is -2.21. The number of ether oxygens (including phenoxy) is 1. The van der Waals surface area contributed by atoms with Crippen LogP contribution in [0.15, 0.2) is 30.3 Å². The quantitative estimate of drug-likeness (QED) is 0.673. The predicted octanol–water partition coefficient (Wildman–Crippen LogP) is 4.74. The third kappa shape index (κ3) is 4.75. The average Bonchev–Trinajstić information content (AvgIpc) is 3.09. The molecule has 1 aromatic carbocycles. The number of amides is 1. The minimum absolute atomic E-state index is 0.0395. The molecular weight excluding hydrogens is 360 g/mol. The van der Waals surface area contributed by atoms with Crippen LogP contribution in [0.25, 0.3) is 0 Å². The summed E-state index contributed by atoms with van der Waals surface area (Å²) in [4.78, 5) is 32.2. The van der Waals surface area contributed by atoms with E-state index in [4.69, 9.17) is 4.74 Å². The van der Waals surface area contributed by atoms with E-state index in [1.165, 1.54) is 17.8 Å². The normalized spacial score (nSPS) is 14.7. The highest BCUT2D eigenvalue weighted by atomic mass is 32.1. The van der Waals surface area contributed by atoms with Gasteiger partial charge in [-0.3, -0.25) is 9.69 Å². The maximum Gasteiger partial charge on any atom is 0.350 e. The fraction of sp³-hybridized carbons (Fsp3) is 0.476. The fourth-order valence-corrected chi connectivity index (χ4v) is 4.42. The topological polar surface area (TPSA) is 59.5 Å². The van der Waals surface area contributed by atoms with Crippen molar-refractivity contribution < 1.29 is 14.3 Å². The molecule has 1 fully saturated rings. The summed E-state index contributed by atoms with van der Waals surface area (Å²) in [5, 5.41) is 0.579. The molecule has 1 aromatic heterocycles. The van der Waals surface area contributed by atoms with Gasteiger partial charge in [-0.25, -0.2) is 9.78 Å². The summed E-state index contributed by atoms with van der Waals surface area (Å²) in [5.41, 5.74) is 1.66. The molecule has 0 spiro atoms. The van der Waals surface area contributed by atoms with Crippen LogP contribution in [-0.4, -0.2) is 23.5 Å². The Labute approximate surface area is 164 Å². The Bertz CT molecular complexity index is 782. The first-order valence-corrected chi connectivity index (χ1v) is 10.4. The Kier molecular flexibility index (Phi) is 6.61. The lowest BCUT2D eigenvalue weighted by molar-refractivity contribution is -0.123. The number of hydrogen-bond acceptors (Lipinski definition) is 5. The Morgan fingerprint density at radius 3 is 2.56 bits per heavy atom. The summed E-state index contributed by atoms with van der Waals surface area (Å²) >= 11 is 1.25. The van der Waals surface area contributed by atoms with Crippen LogP contribution in [-0.2, 0) is 16.1 Å². The van der Waals surface area contributed by atoms with Gasteiger partial charge in [-0.2, -0.15) is 0 Å². The SMILES string of the molecule is CCOC(=O)c1sc(N(Cc2ccccc2)C(=O)C2CCCCC2)nc1C. The van der Waals surface area contributed by atoms with Crippen molar-refractivity contribution in [2.24, 2.45) is 5.92 Å². The summed E-state index contributed by atoms with van der Waals surface area (Å²) in [6.07, 6.45) is 5.26. The molecule has 0 unspecified atom stereocenters. The van der Waals surface area contributed by atoms with Gasteiger partial charge in [-0.1, -0.05) is 60.9 Å². The minimum atomic E-state index is -0.372. The van der Waals surface area contributed by atoms with E-state index in [0.29, 0.717) is 28.9 Å². The first-order valence-electron chi connectivity index (χ1n) is 9.60. The van der Waals surface area contributed by atoms with Crippen molar-refractivity contribution in [1.82, 2.24) is 4.98 Å². The van der Waals surface area contributed by atoms with E-state index in [9.17, 15) is 9.59 Å². The number of esters is 1. The maximum absolute atomic E-state index is 13.3. The Morgan fingerprint density at radius 1 is 1.19 bits per heavy atom. The Morgan fingerprint density at radius 2 is 1.89 bits per heavy atom. The third-order valence-electron chi connectivity index (χ3n) is 4.88. The van der Waals surface area contributed by atoms with Crippen molar-refractivity contribution in [3.05, 3.63) is 46.5 Å². The molecule has 5 nitrogen and oxygen atoms in total. The van der Waals surface area contributed by atoms with Gasteiger partial charge in [0.1, 0.15) is 4.88 Å². The summed E-state index contributed by atoms with van der Waals surface area (Å²) in [6.45, 7) is 4.35. The van der Waals surface area contributed by atoms with Crippen LogP contribution in [0.3, 0.4) is 0 Å². The molecule has 1 aliphatic rings. The summed E-state index contributed by atoms with van der Waals surface area (Å²) < 4.78 is 5.12. The van der Waals surface area contributed by atoms with E-state index in [-0.39, 0.29) is 17.8 Å². The summed E-state index contributed by atoms with van der Waals surface area (Å²) in [6, 6.07) is 9.91. The smallest absolute Gasteiger partial charge is 0.350 e. The van der Waals surface area contributed by atoms with Gasteiger partial charge in [0, 0.05) is 5.92 Å². The lowest BCUT2D eigenvalue weighted by atomic mass is 9.88. The summed E-state index contributed by atoms with van der Waals surface area (Å²) in [7, 11) is 0. The molecule has 3 rings (SSSR count). The molecule has 0 atom stereocenters. The average molecular weight is 387 g/mol. The highest BCUT2D eigenvalue weighted by Crippen LogP contribution is 2.32. The number of benzene rings is 1. The zero-order valence-electron chi connectivity index (χ0n) is 15.9. The van der Waals surface area contributed by atoms with Gasteiger partial charge in [0.2, 0.25) is 5.91 Å². The number of nitrogens with zero attached hydrogens (tertiary/aromatic N) is 2. The number of thiazole rings is 1. The van der Waals surface area contributed by atoms with E-state index >= 15 is 0 Å². The van der Waals surface area contributed by atoms with Crippen LogP contribution in [0, 0.1) is 12.8 Å². The molecule has 0 bridgehead atoms. The first-order chi connectivity index (χ1) is 13.1. The van der Waals surface area contributed by atoms with Gasteiger partial charge in [-0.15, -0.1) is 0 Å². The molecule has 1 saturated carbocycles. The molecule has 1 heterocycles. The second-order valence-electron chi connectivity index (χ2n) is 6.88. The number of carbonyl (C=O) groups is 2. The number of aromatic nitrogens is 1. The van der Waals surface area contributed by atoms with Gasteiger partial charge < -0.3 is 4.74 Å².